The predicted molar refractivity (Wildman–Crippen MR) is 97.5 cm³/mol. The number of hydrogen-bond acceptors (Lipinski definition) is 4. The van der Waals surface area contributed by atoms with E-state index in [0.717, 1.165) is 11.3 Å². The summed E-state index contributed by atoms with van der Waals surface area (Å²) < 4.78 is 10.4. The normalized spacial score (nSPS) is 13.8. The van der Waals surface area contributed by atoms with Gasteiger partial charge in [0.25, 0.3) is 0 Å². The van der Waals surface area contributed by atoms with E-state index in [1.807, 2.05) is 45.0 Å². The van der Waals surface area contributed by atoms with Crippen LogP contribution in [0.4, 0.5) is 4.79 Å². The van der Waals surface area contributed by atoms with E-state index < -0.39 is 17.7 Å². The van der Waals surface area contributed by atoms with E-state index in [9.17, 15) is 9.59 Å². The van der Waals surface area contributed by atoms with E-state index in [0.29, 0.717) is 0 Å². The molecule has 2 atom stereocenters. The largest absolute Gasteiger partial charge is 0.497 e. The Labute approximate surface area is 150 Å². The molecule has 0 spiro atoms. The molecule has 1 aromatic carbocycles. The van der Waals surface area contributed by atoms with E-state index in [-0.39, 0.29) is 17.9 Å². The van der Waals surface area contributed by atoms with Crippen molar-refractivity contribution >= 4 is 12.0 Å². The number of ether oxygens (including phenoxy) is 2. The van der Waals surface area contributed by atoms with Crippen LogP contribution in [0.2, 0.25) is 0 Å². The molecule has 2 unspecified atom stereocenters. The van der Waals surface area contributed by atoms with Gasteiger partial charge in [-0.15, -0.1) is 0 Å². The molecule has 0 radical (unpaired) electrons. The molecule has 0 saturated carbocycles. The minimum Gasteiger partial charge on any atom is -0.497 e. The standard InChI is InChI=1S/C19H30N2O4/c1-12(2)16(21-18(23)25-19(4,5)6)17(22)20-13(3)14-8-10-15(24-7)11-9-14/h8-13,16H,1-7H3,(H,20,22)(H,21,23). The SMILES string of the molecule is COc1ccc(C(C)NC(=O)C(NC(=O)OC(C)(C)C)C(C)C)cc1. The van der Waals surface area contributed by atoms with Crippen LogP contribution in [-0.2, 0) is 9.53 Å². The highest BCUT2D eigenvalue weighted by Crippen LogP contribution is 2.18. The van der Waals surface area contributed by atoms with Crippen molar-refractivity contribution in [3.05, 3.63) is 29.8 Å². The van der Waals surface area contributed by atoms with Crippen LogP contribution in [0.5, 0.6) is 5.75 Å². The lowest BCUT2D eigenvalue weighted by Gasteiger charge is -2.26. The van der Waals surface area contributed by atoms with Gasteiger partial charge in [0.1, 0.15) is 17.4 Å². The van der Waals surface area contributed by atoms with E-state index in [1.54, 1.807) is 27.9 Å². The van der Waals surface area contributed by atoms with E-state index in [4.69, 9.17) is 9.47 Å². The summed E-state index contributed by atoms with van der Waals surface area (Å²) in [6, 6.07) is 6.62. The number of carbonyl (C=O) groups is 2. The van der Waals surface area contributed by atoms with Gasteiger partial charge in [-0.2, -0.15) is 0 Å². The predicted octanol–water partition coefficient (Wildman–Crippen LogP) is 3.42. The molecule has 1 rings (SSSR count). The highest BCUT2D eigenvalue weighted by Gasteiger charge is 2.27. The summed E-state index contributed by atoms with van der Waals surface area (Å²) in [5.74, 6) is 0.439. The van der Waals surface area contributed by atoms with E-state index in [2.05, 4.69) is 10.6 Å². The van der Waals surface area contributed by atoms with Crippen LogP contribution in [0.3, 0.4) is 0 Å². The lowest BCUT2D eigenvalue weighted by atomic mass is 10.0. The third-order valence-corrected chi connectivity index (χ3v) is 3.60. The number of hydrogen-bond donors (Lipinski definition) is 2. The summed E-state index contributed by atoms with van der Waals surface area (Å²) in [5, 5.41) is 5.59. The topological polar surface area (TPSA) is 76.7 Å². The second kappa shape index (κ2) is 8.74. The summed E-state index contributed by atoms with van der Waals surface area (Å²) in [6.45, 7) is 11.0. The van der Waals surface area contributed by atoms with Crippen molar-refractivity contribution in [3.8, 4) is 5.75 Å². The first-order valence-electron chi connectivity index (χ1n) is 8.47. The van der Waals surface area contributed by atoms with Gasteiger partial charge >= 0.3 is 6.09 Å². The minimum atomic E-state index is -0.671. The Bertz CT molecular complexity index is 576. The van der Waals surface area contributed by atoms with Gasteiger partial charge in [0.2, 0.25) is 5.91 Å². The molecule has 2 N–H and O–H groups in total. The Morgan fingerprint density at radius 3 is 2.00 bits per heavy atom. The quantitative estimate of drug-likeness (QED) is 0.824. The number of amides is 2. The monoisotopic (exact) mass is 350 g/mol. The van der Waals surface area contributed by atoms with Gasteiger partial charge in [0, 0.05) is 0 Å². The zero-order chi connectivity index (χ0) is 19.2. The van der Waals surface area contributed by atoms with Crippen LogP contribution in [0.1, 0.15) is 53.1 Å². The van der Waals surface area contributed by atoms with Gasteiger partial charge in [-0.25, -0.2) is 4.79 Å². The summed E-state index contributed by atoms with van der Waals surface area (Å²) in [5.41, 5.74) is 0.340. The van der Waals surface area contributed by atoms with Gasteiger partial charge in [-0.05, 0) is 51.3 Å². The molecule has 0 fully saturated rings. The first-order valence-corrected chi connectivity index (χ1v) is 8.47. The van der Waals surface area contributed by atoms with Crippen LogP contribution < -0.4 is 15.4 Å². The Balaban J connectivity index is 2.73. The lowest BCUT2D eigenvalue weighted by molar-refractivity contribution is -0.124. The molecule has 6 heteroatoms. The molecule has 2 amide bonds. The molecule has 0 aromatic heterocycles. The van der Waals surface area contributed by atoms with Gasteiger partial charge in [-0.1, -0.05) is 26.0 Å². The fraction of sp³-hybridized carbons (Fsp3) is 0.579. The minimum absolute atomic E-state index is 0.0735. The van der Waals surface area contributed by atoms with Crippen LogP contribution in [0.25, 0.3) is 0 Å². The van der Waals surface area contributed by atoms with Crippen LogP contribution in [-0.4, -0.2) is 30.8 Å². The Morgan fingerprint density at radius 1 is 1.00 bits per heavy atom. The van der Waals surface area contributed by atoms with Crippen LogP contribution in [0.15, 0.2) is 24.3 Å². The maximum atomic E-state index is 12.6. The zero-order valence-electron chi connectivity index (χ0n) is 16.2. The zero-order valence-corrected chi connectivity index (χ0v) is 16.2. The number of benzene rings is 1. The number of rotatable bonds is 6. The summed E-state index contributed by atoms with van der Waals surface area (Å²) in [7, 11) is 1.61. The number of alkyl carbamates (subject to hydrolysis) is 1. The summed E-state index contributed by atoms with van der Waals surface area (Å²) in [6.07, 6.45) is -0.599. The van der Waals surface area contributed by atoms with E-state index >= 15 is 0 Å². The number of nitrogens with one attached hydrogen (secondary N) is 2. The second-order valence-corrected chi connectivity index (χ2v) is 7.37. The molecule has 1 aromatic rings. The number of carbonyl (C=O) groups excluding carboxylic acids is 2. The highest BCUT2D eigenvalue weighted by atomic mass is 16.6. The maximum absolute atomic E-state index is 12.6. The van der Waals surface area contributed by atoms with Crippen molar-refractivity contribution in [2.24, 2.45) is 5.92 Å². The van der Waals surface area contributed by atoms with Gasteiger partial charge in [-0.3, -0.25) is 4.79 Å². The average Bonchev–Trinajstić information content (AvgIpc) is 2.50. The fourth-order valence-corrected chi connectivity index (χ4v) is 2.25. The van der Waals surface area contributed by atoms with Crippen LogP contribution in [0, 0.1) is 5.92 Å². The van der Waals surface area contributed by atoms with Gasteiger partial charge in [0.05, 0.1) is 13.2 Å². The maximum Gasteiger partial charge on any atom is 0.408 e. The first-order chi connectivity index (χ1) is 11.5. The fourth-order valence-electron chi connectivity index (χ4n) is 2.25. The van der Waals surface area contributed by atoms with Crippen molar-refractivity contribution in [2.45, 2.75) is 59.2 Å². The molecule has 0 aliphatic carbocycles. The Kier molecular flexibility index (Phi) is 7.27. The molecule has 0 bridgehead atoms. The Morgan fingerprint density at radius 2 is 1.56 bits per heavy atom. The van der Waals surface area contributed by atoms with Crippen molar-refractivity contribution in [1.29, 1.82) is 0 Å². The van der Waals surface area contributed by atoms with E-state index in [1.165, 1.54) is 0 Å². The van der Waals surface area contributed by atoms with Gasteiger partial charge in [0.15, 0.2) is 0 Å². The van der Waals surface area contributed by atoms with Crippen molar-refractivity contribution in [1.82, 2.24) is 10.6 Å². The van der Waals surface area contributed by atoms with Crippen LogP contribution >= 0.6 is 0 Å². The molecule has 140 valence electrons. The molecule has 0 heterocycles. The summed E-state index contributed by atoms with van der Waals surface area (Å²) >= 11 is 0. The van der Waals surface area contributed by atoms with Crippen molar-refractivity contribution in [2.75, 3.05) is 7.11 Å². The first kappa shape index (κ1) is 20.8. The molecule has 6 nitrogen and oxygen atoms in total. The molecule has 0 saturated heterocycles. The van der Waals surface area contributed by atoms with Crippen molar-refractivity contribution < 1.29 is 19.1 Å². The third kappa shape index (κ3) is 7.03. The molecular formula is C19H30N2O4. The molecule has 0 aliphatic rings. The van der Waals surface area contributed by atoms with Crippen molar-refractivity contribution in [3.63, 3.8) is 0 Å². The molecule has 0 aliphatic heterocycles. The van der Waals surface area contributed by atoms with Gasteiger partial charge < -0.3 is 20.1 Å². The smallest absolute Gasteiger partial charge is 0.408 e. The summed E-state index contributed by atoms with van der Waals surface area (Å²) in [4.78, 5) is 24.6. The third-order valence-electron chi connectivity index (χ3n) is 3.60. The molecular weight excluding hydrogens is 320 g/mol. The molecule has 25 heavy (non-hydrogen) atoms. The number of methoxy groups -OCH3 is 1. The average molecular weight is 350 g/mol. The lowest BCUT2D eigenvalue weighted by Crippen LogP contribution is -2.51. The highest BCUT2D eigenvalue weighted by molar-refractivity contribution is 5.86. The second-order valence-electron chi connectivity index (χ2n) is 7.37. The Hall–Kier alpha value is -2.24.